The van der Waals surface area contributed by atoms with E-state index in [-0.39, 0.29) is 17.3 Å². The molecule has 0 aliphatic rings. The molecule has 0 amide bonds. The lowest BCUT2D eigenvalue weighted by atomic mass is 10.1. The maximum absolute atomic E-state index is 13.2. The van der Waals surface area contributed by atoms with Crippen molar-refractivity contribution < 1.29 is 18.1 Å². The minimum absolute atomic E-state index is 0.0809. The number of aryl methyl sites for hydroxylation is 1. The van der Waals surface area contributed by atoms with Crippen LogP contribution in [0.2, 0.25) is 0 Å². The second-order valence-electron chi connectivity index (χ2n) is 5.93. The van der Waals surface area contributed by atoms with E-state index in [1.165, 1.54) is 18.2 Å². The van der Waals surface area contributed by atoms with Gasteiger partial charge in [0.25, 0.3) is 0 Å². The Morgan fingerprint density at radius 1 is 1.17 bits per heavy atom. The van der Waals surface area contributed by atoms with Crippen molar-refractivity contribution in [2.75, 3.05) is 17.2 Å². The van der Waals surface area contributed by atoms with Gasteiger partial charge in [-0.25, -0.2) is 15.0 Å². The molecule has 0 aliphatic heterocycles. The summed E-state index contributed by atoms with van der Waals surface area (Å²) in [5, 5.41) is 16.8. The largest absolute Gasteiger partial charge is 0.418 e. The number of alkyl halides is 3. The average molecular weight is 407 g/mol. The van der Waals surface area contributed by atoms with E-state index in [4.69, 9.17) is 0 Å². The summed E-state index contributed by atoms with van der Waals surface area (Å²) in [5.41, 5.74) is -1.83. The quantitative estimate of drug-likeness (QED) is 0.331. The molecule has 0 unspecified atom stereocenters. The molecule has 1 aromatic carbocycles. The van der Waals surface area contributed by atoms with Crippen molar-refractivity contribution in [3.05, 3.63) is 65.0 Å². The maximum Gasteiger partial charge on any atom is 0.418 e. The maximum atomic E-state index is 13.2. The Morgan fingerprint density at radius 3 is 2.62 bits per heavy atom. The Hall–Kier alpha value is -3.70. The summed E-state index contributed by atoms with van der Waals surface area (Å²) in [6.07, 6.45) is 2.11. The first kappa shape index (κ1) is 20.0. The lowest BCUT2D eigenvalue weighted by Crippen LogP contribution is -2.12. The van der Waals surface area contributed by atoms with Crippen LogP contribution in [-0.2, 0) is 12.7 Å². The van der Waals surface area contributed by atoms with Crippen LogP contribution in [-0.4, -0.2) is 31.0 Å². The number of anilines is 3. The molecule has 2 heterocycles. The number of hydrogen-bond acceptors (Lipinski definition) is 7. The molecule has 3 aromatic rings. The van der Waals surface area contributed by atoms with Gasteiger partial charge in [0.1, 0.15) is 6.33 Å². The highest BCUT2D eigenvalue weighted by Gasteiger charge is 2.34. The van der Waals surface area contributed by atoms with Gasteiger partial charge in [-0.3, -0.25) is 10.1 Å². The summed E-state index contributed by atoms with van der Waals surface area (Å²) < 4.78 is 41.4. The van der Waals surface area contributed by atoms with Crippen LogP contribution >= 0.6 is 0 Å². The number of nitrogens with one attached hydrogen (secondary N) is 2. The Kier molecular flexibility index (Phi) is 5.90. The number of para-hydroxylation sites is 1. The third-order valence-corrected chi connectivity index (χ3v) is 3.94. The second kappa shape index (κ2) is 8.54. The van der Waals surface area contributed by atoms with Gasteiger partial charge < -0.3 is 15.2 Å². The minimum atomic E-state index is -4.63. The minimum Gasteiger partial charge on any atom is -0.364 e. The molecule has 0 fully saturated rings. The van der Waals surface area contributed by atoms with Crippen LogP contribution in [0.1, 0.15) is 12.0 Å². The first-order valence-electron chi connectivity index (χ1n) is 8.48. The Labute approximate surface area is 162 Å². The summed E-state index contributed by atoms with van der Waals surface area (Å²) in [5.74, 6) is -0.415. The fourth-order valence-corrected chi connectivity index (χ4v) is 2.63. The molecule has 0 saturated heterocycles. The van der Waals surface area contributed by atoms with Gasteiger partial charge in [-0.15, -0.1) is 0 Å². The highest BCUT2D eigenvalue weighted by molar-refractivity contribution is 5.74. The molecular formula is C17H16F3N7O2. The van der Waals surface area contributed by atoms with E-state index < -0.39 is 22.4 Å². The van der Waals surface area contributed by atoms with E-state index >= 15 is 0 Å². The van der Waals surface area contributed by atoms with E-state index in [1.54, 1.807) is 18.7 Å². The first-order valence-corrected chi connectivity index (χ1v) is 8.48. The Balaban J connectivity index is 1.79. The molecule has 2 aromatic heterocycles. The molecular weight excluding hydrogens is 391 g/mol. The van der Waals surface area contributed by atoms with E-state index in [2.05, 4.69) is 25.6 Å². The van der Waals surface area contributed by atoms with Crippen molar-refractivity contribution in [3.8, 4) is 0 Å². The zero-order valence-corrected chi connectivity index (χ0v) is 14.9. The molecule has 12 heteroatoms. The van der Waals surface area contributed by atoms with Crippen LogP contribution in [0.5, 0.6) is 0 Å². The first-order chi connectivity index (χ1) is 13.9. The van der Waals surface area contributed by atoms with E-state index in [1.807, 2.05) is 4.57 Å². The second-order valence-corrected chi connectivity index (χ2v) is 5.93. The van der Waals surface area contributed by atoms with Crippen LogP contribution in [0, 0.1) is 10.1 Å². The molecule has 0 bridgehead atoms. The van der Waals surface area contributed by atoms with Crippen LogP contribution in [0.4, 0.5) is 36.2 Å². The molecule has 9 nitrogen and oxygen atoms in total. The van der Waals surface area contributed by atoms with Crippen molar-refractivity contribution in [2.45, 2.75) is 19.1 Å². The van der Waals surface area contributed by atoms with Crippen LogP contribution in [0.3, 0.4) is 0 Å². The summed E-state index contributed by atoms with van der Waals surface area (Å²) in [6, 6.07) is 4.67. The lowest BCUT2D eigenvalue weighted by molar-refractivity contribution is -0.383. The average Bonchev–Trinajstić information content (AvgIpc) is 3.18. The van der Waals surface area contributed by atoms with Gasteiger partial charge in [0.15, 0.2) is 0 Å². The number of benzene rings is 1. The van der Waals surface area contributed by atoms with Crippen molar-refractivity contribution >= 4 is 23.0 Å². The Bertz CT molecular complexity index is 977. The van der Waals surface area contributed by atoms with Crippen molar-refractivity contribution in [2.24, 2.45) is 0 Å². The van der Waals surface area contributed by atoms with Gasteiger partial charge >= 0.3 is 11.9 Å². The normalized spacial score (nSPS) is 11.3. The number of aromatic nitrogens is 4. The van der Waals surface area contributed by atoms with Gasteiger partial charge in [0.05, 0.1) is 22.5 Å². The molecule has 0 spiro atoms. The number of halogens is 3. The Morgan fingerprint density at radius 2 is 1.93 bits per heavy atom. The number of imidazole rings is 1. The molecule has 2 N–H and O–H groups in total. The molecule has 29 heavy (non-hydrogen) atoms. The molecule has 0 saturated carbocycles. The molecule has 0 atom stereocenters. The van der Waals surface area contributed by atoms with E-state index in [0.717, 1.165) is 12.4 Å². The van der Waals surface area contributed by atoms with Gasteiger partial charge in [-0.05, 0) is 18.6 Å². The van der Waals surface area contributed by atoms with Crippen molar-refractivity contribution in [1.82, 2.24) is 19.5 Å². The fraction of sp³-hybridized carbons (Fsp3) is 0.235. The monoisotopic (exact) mass is 407 g/mol. The molecule has 3 rings (SSSR count). The zero-order valence-electron chi connectivity index (χ0n) is 14.9. The SMILES string of the molecule is O=[N+]([O-])c1c(NCCCn2ccnc2)ncnc1Nc1ccccc1C(F)(F)F. The third kappa shape index (κ3) is 4.97. The van der Waals surface area contributed by atoms with Gasteiger partial charge in [-0.2, -0.15) is 13.2 Å². The van der Waals surface area contributed by atoms with Crippen molar-refractivity contribution in [1.29, 1.82) is 0 Å². The lowest BCUT2D eigenvalue weighted by Gasteiger charge is -2.14. The molecule has 0 aliphatic carbocycles. The standard InChI is InChI=1S/C17H16F3N7O2/c18-17(19,20)12-4-1-2-5-13(12)25-16-14(27(28)29)15(23-10-24-16)22-6-3-8-26-9-7-21-11-26/h1-2,4-5,7,9-11H,3,6,8H2,(H2,22,23,24,25). The van der Waals surface area contributed by atoms with Crippen molar-refractivity contribution in [3.63, 3.8) is 0 Å². The summed E-state index contributed by atoms with van der Waals surface area (Å²) >= 11 is 0. The smallest absolute Gasteiger partial charge is 0.364 e. The summed E-state index contributed by atoms with van der Waals surface area (Å²) in [7, 11) is 0. The van der Waals surface area contributed by atoms with Gasteiger partial charge in [-0.1, -0.05) is 12.1 Å². The van der Waals surface area contributed by atoms with E-state index in [9.17, 15) is 23.3 Å². The fourth-order valence-electron chi connectivity index (χ4n) is 2.63. The molecule has 0 radical (unpaired) electrons. The van der Waals surface area contributed by atoms with Gasteiger partial charge in [0.2, 0.25) is 11.6 Å². The van der Waals surface area contributed by atoms with Gasteiger partial charge in [0, 0.05) is 25.5 Å². The van der Waals surface area contributed by atoms with Crippen LogP contribution < -0.4 is 10.6 Å². The predicted molar refractivity (Wildman–Crippen MR) is 98.7 cm³/mol. The zero-order chi connectivity index (χ0) is 20.9. The highest BCUT2D eigenvalue weighted by Crippen LogP contribution is 2.38. The van der Waals surface area contributed by atoms with Crippen LogP contribution in [0.15, 0.2) is 49.3 Å². The topological polar surface area (TPSA) is 111 Å². The predicted octanol–water partition coefficient (Wildman–Crippen LogP) is 3.85. The van der Waals surface area contributed by atoms with Crippen LogP contribution in [0.25, 0.3) is 0 Å². The van der Waals surface area contributed by atoms with E-state index in [0.29, 0.717) is 19.5 Å². The third-order valence-electron chi connectivity index (χ3n) is 3.94. The molecule has 152 valence electrons. The summed E-state index contributed by atoms with van der Waals surface area (Å²) in [4.78, 5) is 22.3. The number of nitro groups is 1. The number of rotatable bonds is 8. The summed E-state index contributed by atoms with van der Waals surface area (Å²) in [6.45, 7) is 0.991. The highest BCUT2D eigenvalue weighted by atomic mass is 19.4. The number of hydrogen-bond donors (Lipinski definition) is 2. The number of nitrogens with zero attached hydrogens (tertiary/aromatic N) is 5.